The zero-order valence-electron chi connectivity index (χ0n) is 6.00. The molecule has 0 spiro atoms. The molecule has 0 unspecified atom stereocenters. The first-order valence-electron chi connectivity index (χ1n) is 3.23. The van der Waals surface area contributed by atoms with Gasteiger partial charge in [-0.2, -0.15) is 0 Å². The summed E-state index contributed by atoms with van der Waals surface area (Å²) in [6.45, 7) is 2.76. The summed E-state index contributed by atoms with van der Waals surface area (Å²) in [5, 5.41) is 0. The van der Waals surface area contributed by atoms with E-state index in [2.05, 4.69) is 6.61 Å². The maximum absolute atomic E-state index is 4.70. The summed E-state index contributed by atoms with van der Waals surface area (Å²) in [7, 11) is 1.61. The van der Waals surface area contributed by atoms with Crippen LogP contribution in [0.1, 0.15) is 5.56 Å². The SMILES string of the molecule is CO[C]Cc1ccccc1. The van der Waals surface area contributed by atoms with Gasteiger partial charge in [0.1, 0.15) is 6.61 Å². The summed E-state index contributed by atoms with van der Waals surface area (Å²) in [5.41, 5.74) is 1.23. The largest absolute Gasteiger partial charge is 0.372 e. The number of rotatable bonds is 3. The molecular weight excluding hydrogens is 124 g/mol. The van der Waals surface area contributed by atoms with Gasteiger partial charge in [0, 0.05) is 13.5 Å². The molecule has 1 aromatic carbocycles. The van der Waals surface area contributed by atoms with E-state index < -0.39 is 0 Å². The highest BCUT2D eigenvalue weighted by Crippen LogP contribution is 2.00. The molecule has 0 saturated carbocycles. The Labute approximate surface area is 61.6 Å². The predicted molar refractivity (Wildman–Crippen MR) is 40.4 cm³/mol. The first-order valence-corrected chi connectivity index (χ1v) is 3.23. The molecular formula is C9H10O. The van der Waals surface area contributed by atoms with E-state index in [4.69, 9.17) is 4.74 Å². The van der Waals surface area contributed by atoms with Crippen molar-refractivity contribution in [2.24, 2.45) is 0 Å². The smallest absolute Gasteiger partial charge is 0.136 e. The lowest BCUT2D eigenvalue weighted by atomic mass is 10.2. The van der Waals surface area contributed by atoms with Gasteiger partial charge in [-0.3, -0.25) is 0 Å². The Morgan fingerprint density at radius 3 is 2.60 bits per heavy atom. The maximum atomic E-state index is 4.70. The fourth-order valence-corrected chi connectivity index (χ4v) is 0.751. The van der Waals surface area contributed by atoms with E-state index in [0.29, 0.717) is 0 Å². The zero-order chi connectivity index (χ0) is 7.23. The second-order valence-electron chi connectivity index (χ2n) is 2.01. The van der Waals surface area contributed by atoms with E-state index in [0.717, 1.165) is 6.42 Å². The lowest BCUT2D eigenvalue weighted by molar-refractivity contribution is 0.271. The molecule has 1 rings (SSSR count). The first kappa shape index (κ1) is 7.29. The second kappa shape index (κ2) is 4.07. The molecule has 0 fully saturated rings. The highest BCUT2D eigenvalue weighted by molar-refractivity contribution is 5.15. The Kier molecular flexibility index (Phi) is 2.97. The van der Waals surface area contributed by atoms with Crippen LogP contribution in [0.4, 0.5) is 0 Å². The molecule has 0 aromatic heterocycles. The Hall–Kier alpha value is -0.820. The molecule has 1 nitrogen and oxygen atoms in total. The molecule has 0 bridgehead atoms. The highest BCUT2D eigenvalue weighted by atomic mass is 16.5. The summed E-state index contributed by atoms with van der Waals surface area (Å²) in [4.78, 5) is 0. The lowest BCUT2D eigenvalue weighted by Gasteiger charge is -1.95. The molecule has 52 valence electrons. The van der Waals surface area contributed by atoms with E-state index in [1.54, 1.807) is 7.11 Å². The number of methoxy groups -OCH3 is 1. The molecule has 1 heteroatoms. The molecule has 2 radical (unpaired) electrons. The van der Waals surface area contributed by atoms with Gasteiger partial charge in [0.2, 0.25) is 0 Å². The number of ether oxygens (including phenoxy) is 1. The lowest BCUT2D eigenvalue weighted by Crippen LogP contribution is -1.86. The van der Waals surface area contributed by atoms with Gasteiger partial charge in [-0.05, 0) is 5.56 Å². The van der Waals surface area contributed by atoms with Crippen molar-refractivity contribution in [3.8, 4) is 0 Å². The quantitative estimate of drug-likeness (QED) is 0.613. The van der Waals surface area contributed by atoms with E-state index >= 15 is 0 Å². The normalized spacial score (nSPS) is 9.70. The van der Waals surface area contributed by atoms with Crippen LogP contribution < -0.4 is 0 Å². The minimum Gasteiger partial charge on any atom is -0.372 e. The molecule has 0 heterocycles. The van der Waals surface area contributed by atoms with Crippen LogP contribution >= 0.6 is 0 Å². The molecule has 0 aliphatic heterocycles. The van der Waals surface area contributed by atoms with Gasteiger partial charge in [0.15, 0.2) is 0 Å². The Balaban J connectivity index is 2.43. The fraction of sp³-hybridized carbons (Fsp3) is 0.222. The zero-order valence-corrected chi connectivity index (χ0v) is 6.00. The standard InChI is InChI=1S/C9H10O/c1-10-8-7-9-5-3-2-4-6-9/h2-6H,7H2,1H3. The molecule has 0 aliphatic rings. The fourth-order valence-electron chi connectivity index (χ4n) is 0.751. The van der Waals surface area contributed by atoms with Gasteiger partial charge in [-0.25, -0.2) is 0 Å². The van der Waals surface area contributed by atoms with Crippen LogP contribution in [0.5, 0.6) is 0 Å². The monoisotopic (exact) mass is 134 g/mol. The minimum absolute atomic E-state index is 0.761. The molecule has 0 N–H and O–H groups in total. The summed E-state index contributed by atoms with van der Waals surface area (Å²) in [6.07, 6.45) is 0.761. The van der Waals surface area contributed by atoms with Crippen LogP contribution in [0.15, 0.2) is 30.3 Å². The van der Waals surface area contributed by atoms with Crippen molar-refractivity contribution in [1.29, 1.82) is 0 Å². The van der Waals surface area contributed by atoms with Crippen molar-refractivity contribution in [3.63, 3.8) is 0 Å². The van der Waals surface area contributed by atoms with Crippen LogP contribution in [0.2, 0.25) is 0 Å². The average Bonchev–Trinajstić information content (AvgIpc) is 2.03. The van der Waals surface area contributed by atoms with E-state index in [1.807, 2.05) is 30.3 Å². The molecule has 0 aliphatic carbocycles. The van der Waals surface area contributed by atoms with Gasteiger partial charge in [-0.15, -0.1) is 0 Å². The van der Waals surface area contributed by atoms with Crippen LogP contribution in [-0.2, 0) is 11.2 Å². The van der Waals surface area contributed by atoms with E-state index in [1.165, 1.54) is 5.56 Å². The summed E-state index contributed by atoms with van der Waals surface area (Å²) >= 11 is 0. The summed E-state index contributed by atoms with van der Waals surface area (Å²) in [5.74, 6) is 0. The minimum atomic E-state index is 0.761. The van der Waals surface area contributed by atoms with Crippen LogP contribution in [0, 0.1) is 6.61 Å². The van der Waals surface area contributed by atoms with Crippen LogP contribution in [0.3, 0.4) is 0 Å². The van der Waals surface area contributed by atoms with Crippen molar-refractivity contribution < 1.29 is 4.74 Å². The van der Waals surface area contributed by atoms with Crippen molar-refractivity contribution in [1.82, 2.24) is 0 Å². The third kappa shape index (κ3) is 2.19. The van der Waals surface area contributed by atoms with Gasteiger partial charge in [0.05, 0.1) is 0 Å². The molecule has 10 heavy (non-hydrogen) atoms. The Bertz CT molecular complexity index is 169. The molecule has 0 amide bonds. The summed E-state index contributed by atoms with van der Waals surface area (Å²) in [6, 6.07) is 10.1. The molecule has 1 aromatic rings. The van der Waals surface area contributed by atoms with Gasteiger partial charge < -0.3 is 4.74 Å². The number of benzene rings is 1. The maximum Gasteiger partial charge on any atom is 0.136 e. The summed E-state index contributed by atoms with van der Waals surface area (Å²) < 4.78 is 4.70. The van der Waals surface area contributed by atoms with Crippen molar-refractivity contribution in [3.05, 3.63) is 42.5 Å². The predicted octanol–water partition coefficient (Wildman–Crippen LogP) is 1.91. The number of hydrogen-bond acceptors (Lipinski definition) is 1. The van der Waals surface area contributed by atoms with Crippen molar-refractivity contribution in [2.45, 2.75) is 6.42 Å². The van der Waals surface area contributed by atoms with Crippen molar-refractivity contribution >= 4 is 0 Å². The Morgan fingerprint density at radius 1 is 1.30 bits per heavy atom. The van der Waals surface area contributed by atoms with E-state index in [9.17, 15) is 0 Å². The average molecular weight is 134 g/mol. The highest BCUT2D eigenvalue weighted by Gasteiger charge is 1.89. The first-order chi connectivity index (χ1) is 4.93. The van der Waals surface area contributed by atoms with Crippen molar-refractivity contribution in [2.75, 3.05) is 7.11 Å². The number of hydrogen-bond donors (Lipinski definition) is 0. The van der Waals surface area contributed by atoms with Gasteiger partial charge in [-0.1, -0.05) is 30.3 Å². The topological polar surface area (TPSA) is 9.23 Å². The third-order valence-corrected chi connectivity index (χ3v) is 1.26. The Morgan fingerprint density at radius 2 is 2.00 bits per heavy atom. The van der Waals surface area contributed by atoms with Gasteiger partial charge in [0.25, 0.3) is 0 Å². The van der Waals surface area contributed by atoms with E-state index in [-0.39, 0.29) is 0 Å². The van der Waals surface area contributed by atoms with Crippen LogP contribution in [-0.4, -0.2) is 7.11 Å². The third-order valence-electron chi connectivity index (χ3n) is 1.26. The van der Waals surface area contributed by atoms with Gasteiger partial charge >= 0.3 is 0 Å². The molecule has 0 saturated heterocycles. The second-order valence-corrected chi connectivity index (χ2v) is 2.01. The molecule has 0 atom stereocenters. The van der Waals surface area contributed by atoms with Crippen LogP contribution in [0.25, 0.3) is 0 Å².